The summed E-state index contributed by atoms with van der Waals surface area (Å²) in [4.78, 5) is 16.9. The first-order valence-electron chi connectivity index (χ1n) is 8.29. The van der Waals surface area contributed by atoms with Gasteiger partial charge in [0.15, 0.2) is 5.16 Å². The number of halogens is 2. The first kappa shape index (κ1) is 20.5. The molecule has 0 radical (unpaired) electrons. The minimum absolute atomic E-state index is 0.168. The number of imidazole rings is 1. The van der Waals surface area contributed by atoms with Crippen LogP contribution in [0.15, 0.2) is 41.6 Å². The number of rotatable bonds is 7. The summed E-state index contributed by atoms with van der Waals surface area (Å²) in [6.45, 7) is 1.14. The van der Waals surface area contributed by atoms with Gasteiger partial charge in [0.25, 0.3) is 0 Å². The number of aromatic nitrogens is 2. The SMILES string of the molecule is COCCn1c(SCC(=O)Nc2ccc(C#N)c(Cl)c2)nc2cc(Cl)ccc21. The van der Waals surface area contributed by atoms with E-state index in [2.05, 4.69) is 10.3 Å². The second kappa shape index (κ2) is 9.30. The second-order valence-electron chi connectivity index (χ2n) is 5.82. The number of hydrogen-bond acceptors (Lipinski definition) is 5. The van der Waals surface area contributed by atoms with Crippen molar-refractivity contribution >= 4 is 57.6 Å². The molecule has 3 rings (SSSR count). The molecule has 0 atom stereocenters. The molecule has 0 saturated heterocycles. The van der Waals surface area contributed by atoms with Gasteiger partial charge in [-0.15, -0.1) is 0 Å². The lowest BCUT2D eigenvalue weighted by molar-refractivity contribution is -0.113. The van der Waals surface area contributed by atoms with E-state index in [1.807, 2.05) is 22.8 Å². The van der Waals surface area contributed by atoms with E-state index in [1.54, 1.807) is 31.4 Å². The third kappa shape index (κ3) is 4.78. The molecule has 28 heavy (non-hydrogen) atoms. The lowest BCUT2D eigenvalue weighted by Gasteiger charge is -2.09. The van der Waals surface area contributed by atoms with Crippen LogP contribution in [0.25, 0.3) is 11.0 Å². The molecule has 2 aromatic carbocycles. The Hall–Kier alpha value is -2.24. The molecule has 0 aliphatic heterocycles. The van der Waals surface area contributed by atoms with E-state index in [1.165, 1.54) is 11.8 Å². The van der Waals surface area contributed by atoms with Crippen LogP contribution in [0.4, 0.5) is 5.69 Å². The van der Waals surface area contributed by atoms with Crippen LogP contribution in [-0.4, -0.2) is 34.9 Å². The number of carbonyl (C=O) groups is 1. The number of anilines is 1. The van der Waals surface area contributed by atoms with Crippen molar-refractivity contribution in [2.75, 3.05) is 24.8 Å². The van der Waals surface area contributed by atoms with Crippen LogP contribution in [0.3, 0.4) is 0 Å². The number of nitrogens with one attached hydrogen (secondary N) is 1. The lowest BCUT2D eigenvalue weighted by atomic mass is 10.2. The molecule has 0 saturated carbocycles. The fourth-order valence-electron chi connectivity index (χ4n) is 2.60. The van der Waals surface area contributed by atoms with Crippen molar-refractivity contribution in [2.24, 2.45) is 0 Å². The van der Waals surface area contributed by atoms with Gasteiger partial charge in [-0.3, -0.25) is 4.79 Å². The van der Waals surface area contributed by atoms with Crippen LogP contribution in [0.2, 0.25) is 10.0 Å². The summed E-state index contributed by atoms with van der Waals surface area (Å²) in [5, 5.41) is 13.3. The van der Waals surface area contributed by atoms with Crippen molar-refractivity contribution in [1.82, 2.24) is 9.55 Å². The third-order valence-electron chi connectivity index (χ3n) is 3.90. The number of carbonyl (C=O) groups excluding carboxylic acids is 1. The maximum absolute atomic E-state index is 12.3. The van der Waals surface area contributed by atoms with E-state index in [4.69, 9.17) is 33.2 Å². The van der Waals surface area contributed by atoms with Gasteiger partial charge in [0, 0.05) is 24.4 Å². The highest BCUT2D eigenvalue weighted by molar-refractivity contribution is 7.99. The van der Waals surface area contributed by atoms with E-state index in [9.17, 15) is 4.79 Å². The molecule has 9 heteroatoms. The number of amides is 1. The topological polar surface area (TPSA) is 79.9 Å². The van der Waals surface area contributed by atoms with Gasteiger partial charge in [0.2, 0.25) is 5.91 Å². The van der Waals surface area contributed by atoms with Gasteiger partial charge in [-0.2, -0.15) is 5.26 Å². The lowest BCUT2D eigenvalue weighted by Crippen LogP contribution is -2.15. The van der Waals surface area contributed by atoms with Gasteiger partial charge in [0.05, 0.1) is 34.0 Å². The average Bonchev–Trinajstić information content (AvgIpc) is 3.01. The molecule has 1 aromatic heterocycles. The van der Waals surface area contributed by atoms with Crippen molar-refractivity contribution in [3.05, 3.63) is 52.0 Å². The number of nitriles is 1. The molecule has 0 spiro atoms. The number of fused-ring (bicyclic) bond motifs is 1. The molecule has 1 N–H and O–H groups in total. The number of methoxy groups -OCH3 is 1. The van der Waals surface area contributed by atoms with Gasteiger partial charge in [-0.05, 0) is 36.4 Å². The maximum atomic E-state index is 12.3. The van der Waals surface area contributed by atoms with Crippen LogP contribution < -0.4 is 5.32 Å². The Labute approximate surface area is 176 Å². The van der Waals surface area contributed by atoms with E-state index in [-0.39, 0.29) is 11.7 Å². The van der Waals surface area contributed by atoms with Crippen molar-refractivity contribution in [1.29, 1.82) is 5.26 Å². The summed E-state index contributed by atoms with van der Waals surface area (Å²) in [6, 6.07) is 12.3. The Kier molecular flexibility index (Phi) is 6.81. The minimum atomic E-state index is -0.200. The maximum Gasteiger partial charge on any atom is 0.234 e. The zero-order chi connectivity index (χ0) is 20.1. The highest BCUT2D eigenvalue weighted by Crippen LogP contribution is 2.27. The van der Waals surface area contributed by atoms with Crippen molar-refractivity contribution in [2.45, 2.75) is 11.7 Å². The van der Waals surface area contributed by atoms with Crippen LogP contribution >= 0.6 is 35.0 Å². The summed E-state index contributed by atoms with van der Waals surface area (Å²) in [5.74, 6) is -0.0315. The first-order chi connectivity index (χ1) is 13.5. The largest absolute Gasteiger partial charge is 0.383 e. The number of benzene rings is 2. The van der Waals surface area contributed by atoms with Crippen molar-refractivity contribution in [3.63, 3.8) is 0 Å². The van der Waals surface area contributed by atoms with Crippen LogP contribution in [0, 0.1) is 11.3 Å². The predicted molar refractivity (Wildman–Crippen MR) is 112 cm³/mol. The molecule has 3 aromatic rings. The molecular weight excluding hydrogens is 419 g/mol. The van der Waals surface area contributed by atoms with Gasteiger partial charge >= 0.3 is 0 Å². The quantitative estimate of drug-likeness (QED) is 0.549. The van der Waals surface area contributed by atoms with Crippen LogP contribution in [-0.2, 0) is 16.1 Å². The summed E-state index contributed by atoms with van der Waals surface area (Å²) in [5.41, 5.74) is 2.60. The molecule has 0 fully saturated rings. The Morgan fingerprint density at radius 1 is 1.32 bits per heavy atom. The third-order valence-corrected chi connectivity index (χ3v) is 5.42. The summed E-state index contributed by atoms with van der Waals surface area (Å²) >= 11 is 13.4. The van der Waals surface area contributed by atoms with Gasteiger partial charge in [-0.25, -0.2) is 4.98 Å². The Morgan fingerprint density at radius 3 is 2.86 bits per heavy atom. The van der Waals surface area contributed by atoms with Gasteiger partial charge in [-0.1, -0.05) is 35.0 Å². The van der Waals surface area contributed by atoms with Crippen LogP contribution in [0.1, 0.15) is 5.56 Å². The van der Waals surface area contributed by atoms with E-state index < -0.39 is 0 Å². The van der Waals surface area contributed by atoms with Gasteiger partial charge in [0.1, 0.15) is 6.07 Å². The molecular formula is C19H16Cl2N4O2S. The number of thioether (sulfide) groups is 1. The molecule has 144 valence electrons. The molecule has 1 heterocycles. The zero-order valence-corrected chi connectivity index (χ0v) is 17.2. The molecule has 1 amide bonds. The van der Waals surface area contributed by atoms with E-state index in [0.717, 1.165) is 11.0 Å². The number of nitrogens with zero attached hydrogens (tertiary/aromatic N) is 3. The standard InChI is InChI=1S/C19H16Cl2N4O2S/c1-27-7-6-25-17-5-3-13(20)8-16(17)24-19(25)28-11-18(26)23-14-4-2-12(10-22)15(21)9-14/h2-5,8-9H,6-7,11H2,1H3,(H,23,26). The van der Waals surface area contributed by atoms with E-state index >= 15 is 0 Å². The Morgan fingerprint density at radius 2 is 2.14 bits per heavy atom. The molecule has 6 nitrogen and oxygen atoms in total. The number of ether oxygens (including phenoxy) is 1. The fraction of sp³-hybridized carbons (Fsp3) is 0.211. The van der Waals surface area contributed by atoms with Gasteiger partial charge < -0.3 is 14.6 Å². The molecule has 0 bridgehead atoms. The monoisotopic (exact) mass is 434 g/mol. The Balaban J connectivity index is 1.72. The van der Waals surface area contributed by atoms with Crippen molar-refractivity contribution < 1.29 is 9.53 Å². The molecule has 0 aliphatic rings. The highest BCUT2D eigenvalue weighted by atomic mass is 35.5. The minimum Gasteiger partial charge on any atom is -0.383 e. The molecule has 0 aliphatic carbocycles. The summed E-state index contributed by atoms with van der Waals surface area (Å²) in [7, 11) is 1.64. The van der Waals surface area contributed by atoms with E-state index in [0.29, 0.717) is 39.6 Å². The normalized spacial score (nSPS) is 10.8. The average molecular weight is 435 g/mol. The summed E-state index contributed by atoms with van der Waals surface area (Å²) < 4.78 is 7.18. The fourth-order valence-corrected chi connectivity index (χ4v) is 3.83. The Bertz CT molecular complexity index is 1060. The first-order valence-corrected chi connectivity index (χ1v) is 10.0. The summed E-state index contributed by atoms with van der Waals surface area (Å²) in [6.07, 6.45) is 0. The highest BCUT2D eigenvalue weighted by Gasteiger charge is 2.14. The van der Waals surface area contributed by atoms with Crippen molar-refractivity contribution in [3.8, 4) is 6.07 Å². The number of hydrogen-bond donors (Lipinski definition) is 1. The second-order valence-corrected chi connectivity index (χ2v) is 7.60. The molecule has 0 unspecified atom stereocenters. The van der Waals surface area contributed by atoms with Crippen LogP contribution in [0.5, 0.6) is 0 Å². The zero-order valence-electron chi connectivity index (χ0n) is 14.9. The predicted octanol–water partition coefficient (Wildman–Crippen LogP) is 4.59. The smallest absolute Gasteiger partial charge is 0.234 e.